The van der Waals surface area contributed by atoms with Gasteiger partial charge in [0, 0.05) is 49.1 Å². The van der Waals surface area contributed by atoms with Gasteiger partial charge in [-0.05, 0) is 74.7 Å². The number of carbonyl (C=O) groups excluding carboxylic acids is 1. The maximum atomic E-state index is 17.1. The highest BCUT2D eigenvalue weighted by Crippen LogP contribution is 2.47. The molecule has 0 saturated carbocycles. The van der Waals surface area contributed by atoms with E-state index in [-0.39, 0.29) is 71.7 Å². The lowest BCUT2D eigenvalue weighted by Gasteiger charge is -2.34. The zero-order valence-corrected chi connectivity index (χ0v) is 28.3. The topological polar surface area (TPSA) is 134 Å². The molecule has 7 heterocycles. The number of ether oxygens (including phenoxy) is 1. The lowest BCUT2D eigenvalue weighted by atomic mass is 9.88. The van der Waals surface area contributed by atoms with E-state index in [4.69, 9.17) is 27.1 Å². The van der Waals surface area contributed by atoms with E-state index in [1.807, 2.05) is 4.90 Å². The average Bonchev–Trinajstić information content (AvgIpc) is 3.38. The van der Waals surface area contributed by atoms with Gasteiger partial charge in [-0.2, -0.15) is 15.2 Å². The molecule has 3 atom stereocenters. The normalized spacial score (nSPS) is 24.4. The van der Waals surface area contributed by atoms with Gasteiger partial charge in [0.15, 0.2) is 5.82 Å². The first-order valence-corrected chi connectivity index (χ1v) is 18.2. The van der Waals surface area contributed by atoms with E-state index in [2.05, 4.69) is 26.2 Å². The van der Waals surface area contributed by atoms with Crippen LogP contribution in [0.5, 0.6) is 6.01 Å². The van der Waals surface area contributed by atoms with Crippen LogP contribution in [0.15, 0.2) is 18.2 Å². The van der Waals surface area contributed by atoms with Crippen LogP contribution in [0, 0.1) is 34.8 Å². The first-order valence-electron chi connectivity index (χ1n) is 17.0. The quantitative estimate of drug-likeness (QED) is 0.261. The maximum absolute atomic E-state index is 17.1. The van der Waals surface area contributed by atoms with Gasteiger partial charge >= 0.3 is 6.01 Å². The van der Waals surface area contributed by atoms with Crippen molar-refractivity contribution < 1.29 is 18.3 Å². The first-order chi connectivity index (χ1) is 23.7. The number of hydrogen-bond acceptors (Lipinski definition) is 10. The molecule has 0 radical (unpaired) electrons. The predicted octanol–water partition coefficient (Wildman–Crippen LogP) is 5.16. The number of amides is 1. The minimum atomic E-state index is -0.704. The smallest absolute Gasteiger partial charge is 0.319 e. The number of rotatable bonds is 6. The van der Waals surface area contributed by atoms with E-state index in [0.717, 1.165) is 69.6 Å². The molecule has 0 aliphatic carbocycles. The van der Waals surface area contributed by atoms with Crippen molar-refractivity contribution in [2.45, 2.75) is 43.7 Å². The summed E-state index contributed by atoms with van der Waals surface area (Å²) in [5, 5.41) is 13.9. The molecule has 2 aromatic carbocycles. The molecular weight excluding hydrogens is 670 g/mol. The number of piperidine rings is 1. The summed E-state index contributed by atoms with van der Waals surface area (Å²) in [5.74, 6) is 0.0507. The van der Waals surface area contributed by atoms with Crippen molar-refractivity contribution in [1.29, 1.82) is 5.26 Å². The number of halogens is 3. The number of nitrogens with one attached hydrogen (secondary N) is 1. The molecule has 0 spiro atoms. The number of nitrogen functional groups attached to an aromatic ring is 1. The molecule has 49 heavy (non-hydrogen) atoms. The maximum Gasteiger partial charge on any atom is 0.319 e. The van der Waals surface area contributed by atoms with Crippen LogP contribution in [-0.2, 0) is 4.79 Å². The SMILES string of the molecule is N#Cc1c(N)sc2c(F)ccc(-c3c(Cl)cc4c(N5CC6CCN(C(=O)C7CN7)CC6C5)nc(OCC56CCCN5CCC6)nc4c3F)c12. The number of fused-ring (bicyclic) bond motifs is 4. The molecule has 3 N–H and O–H groups in total. The fourth-order valence-electron chi connectivity index (χ4n) is 8.88. The third kappa shape index (κ3) is 5.01. The number of nitriles is 1. The van der Waals surface area contributed by atoms with Gasteiger partial charge in [-0.3, -0.25) is 9.69 Å². The number of aromatic nitrogens is 2. The molecule has 14 heteroatoms. The third-order valence-corrected chi connectivity index (χ3v) is 12.8. The molecule has 2 aromatic heterocycles. The van der Waals surface area contributed by atoms with Gasteiger partial charge in [-0.15, -0.1) is 11.3 Å². The van der Waals surface area contributed by atoms with Crippen LogP contribution in [0.1, 0.15) is 37.7 Å². The van der Waals surface area contributed by atoms with Crippen molar-refractivity contribution in [1.82, 2.24) is 25.1 Å². The molecule has 5 aliphatic rings. The Bertz CT molecular complexity index is 2070. The zero-order valence-electron chi connectivity index (χ0n) is 26.8. The van der Waals surface area contributed by atoms with Crippen molar-refractivity contribution in [3.05, 3.63) is 40.4 Å². The van der Waals surface area contributed by atoms with Crippen molar-refractivity contribution in [3.63, 3.8) is 0 Å². The molecule has 9 rings (SSSR count). The molecule has 5 aliphatic heterocycles. The summed E-state index contributed by atoms with van der Waals surface area (Å²) >= 11 is 7.87. The van der Waals surface area contributed by atoms with E-state index in [0.29, 0.717) is 43.4 Å². The number of hydrogen-bond donors (Lipinski definition) is 2. The van der Waals surface area contributed by atoms with Gasteiger partial charge in [0.2, 0.25) is 5.91 Å². The predicted molar refractivity (Wildman–Crippen MR) is 185 cm³/mol. The average molecular weight is 705 g/mol. The molecule has 1 amide bonds. The van der Waals surface area contributed by atoms with Gasteiger partial charge in [0.05, 0.1) is 26.9 Å². The number of nitrogens with two attached hydrogens (primary N) is 1. The highest BCUT2D eigenvalue weighted by atomic mass is 35.5. The van der Waals surface area contributed by atoms with E-state index in [1.54, 1.807) is 6.07 Å². The summed E-state index contributed by atoms with van der Waals surface area (Å²) in [4.78, 5) is 29.1. The highest BCUT2D eigenvalue weighted by Gasteiger charge is 2.46. The number of thiophene rings is 1. The second-order valence-corrected chi connectivity index (χ2v) is 15.7. The van der Waals surface area contributed by atoms with Crippen LogP contribution in [0.2, 0.25) is 5.02 Å². The summed E-state index contributed by atoms with van der Waals surface area (Å²) in [6.07, 6.45) is 5.18. The Morgan fingerprint density at radius 2 is 1.94 bits per heavy atom. The monoisotopic (exact) mass is 704 g/mol. The van der Waals surface area contributed by atoms with E-state index in [9.17, 15) is 14.4 Å². The van der Waals surface area contributed by atoms with Crippen LogP contribution in [-0.4, -0.2) is 89.7 Å². The van der Waals surface area contributed by atoms with E-state index >= 15 is 4.39 Å². The first kappa shape index (κ1) is 31.2. The molecule has 10 nitrogen and oxygen atoms in total. The summed E-state index contributed by atoms with van der Waals surface area (Å²) in [5.41, 5.74) is 6.43. The van der Waals surface area contributed by atoms with Crippen LogP contribution in [0.3, 0.4) is 0 Å². The molecule has 3 unspecified atom stereocenters. The minimum Gasteiger partial charge on any atom is -0.461 e. The second kappa shape index (κ2) is 11.6. The fraction of sp³-hybridized carbons (Fsp3) is 0.486. The number of benzene rings is 2. The summed E-state index contributed by atoms with van der Waals surface area (Å²) < 4.78 is 38.6. The Morgan fingerprint density at radius 3 is 2.69 bits per heavy atom. The van der Waals surface area contributed by atoms with Gasteiger partial charge in [0.1, 0.15) is 34.8 Å². The lowest BCUT2D eigenvalue weighted by Crippen LogP contribution is -2.45. The number of anilines is 2. The van der Waals surface area contributed by atoms with Gasteiger partial charge in [-0.25, -0.2) is 8.78 Å². The molecule has 5 saturated heterocycles. The van der Waals surface area contributed by atoms with Gasteiger partial charge in [0.25, 0.3) is 0 Å². The van der Waals surface area contributed by atoms with Crippen LogP contribution >= 0.6 is 22.9 Å². The minimum absolute atomic E-state index is 0.0124. The van der Waals surface area contributed by atoms with Crippen molar-refractivity contribution >= 4 is 60.7 Å². The van der Waals surface area contributed by atoms with Crippen molar-refractivity contribution in [3.8, 4) is 23.2 Å². The van der Waals surface area contributed by atoms with E-state index in [1.165, 1.54) is 12.1 Å². The zero-order chi connectivity index (χ0) is 33.6. The third-order valence-electron chi connectivity index (χ3n) is 11.4. The molecule has 4 aromatic rings. The Balaban J connectivity index is 1.15. The summed E-state index contributed by atoms with van der Waals surface area (Å²) in [7, 11) is 0. The molecule has 5 fully saturated rings. The Kier molecular flexibility index (Phi) is 7.39. The lowest BCUT2D eigenvalue weighted by molar-refractivity contribution is -0.132. The Morgan fingerprint density at radius 1 is 1.16 bits per heavy atom. The van der Waals surface area contributed by atoms with Gasteiger partial charge < -0.3 is 25.6 Å². The summed E-state index contributed by atoms with van der Waals surface area (Å²) in [6, 6.07) is 6.43. The number of likely N-dealkylation sites (tertiary alicyclic amines) is 1. The molecule has 254 valence electrons. The fourth-order valence-corrected chi connectivity index (χ4v) is 10.1. The van der Waals surface area contributed by atoms with Crippen LogP contribution < -0.4 is 20.7 Å². The molecular formula is C35H35ClF2N8O2S. The van der Waals surface area contributed by atoms with Crippen LogP contribution in [0.4, 0.5) is 19.6 Å². The Labute approximate surface area is 290 Å². The highest BCUT2D eigenvalue weighted by molar-refractivity contribution is 7.23. The molecule has 0 bridgehead atoms. The standard InChI is InChI=1S/C35H35ClF2N8O2S/c36-23-11-21-29(28(38)27(23)20-3-4-24(37)30-26(20)22(12-39)31(40)49-30)42-34(48-17-35-6-1-8-46(35)9-2-7-35)43-32(21)45-14-18-5-10-44(15-19(18)16-45)33(47)25-13-41-25/h3-4,11,18-19,25,41H,1-2,5-10,13-17,40H2. The Hall–Kier alpha value is -3.83. The van der Waals surface area contributed by atoms with Gasteiger partial charge in [-0.1, -0.05) is 17.7 Å². The van der Waals surface area contributed by atoms with Crippen molar-refractivity contribution in [2.24, 2.45) is 11.8 Å². The second-order valence-electron chi connectivity index (χ2n) is 14.2. The summed E-state index contributed by atoms with van der Waals surface area (Å²) in [6.45, 7) is 5.98. The largest absolute Gasteiger partial charge is 0.461 e. The van der Waals surface area contributed by atoms with Crippen LogP contribution in [0.25, 0.3) is 32.1 Å². The number of carbonyl (C=O) groups is 1. The van der Waals surface area contributed by atoms with Crippen molar-refractivity contribution in [2.75, 3.05) is 63.1 Å². The van der Waals surface area contributed by atoms with E-state index < -0.39 is 11.6 Å². The number of nitrogens with zero attached hydrogens (tertiary/aromatic N) is 6.